The van der Waals surface area contributed by atoms with Gasteiger partial charge in [0.15, 0.2) is 0 Å². The number of benzene rings is 1. The van der Waals surface area contributed by atoms with Crippen LogP contribution in [0.5, 0.6) is 0 Å². The summed E-state index contributed by atoms with van der Waals surface area (Å²) in [6.45, 7) is 0.400. The molecule has 1 amide bonds. The molecule has 6 nitrogen and oxygen atoms in total. The van der Waals surface area contributed by atoms with E-state index >= 15 is 0 Å². The third-order valence-corrected chi connectivity index (χ3v) is 3.68. The van der Waals surface area contributed by atoms with Crippen molar-refractivity contribution in [3.63, 3.8) is 0 Å². The summed E-state index contributed by atoms with van der Waals surface area (Å²) >= 11 is 2.99. The molecule has 0 heterocycles. The molecule has 0 aromatic heterocycles. The number of hydrogen-bond donors (Lipinski definition) is 2. The fraction of sp³-hybridized carbons (Fsp3) is 0.462. The quantitative estimate of drug-likeness (QED) is 0.445. The van der Waals surface area contributed by atoms with Gasteiger partial charge in [0.1, 0.15) is 11.5 Å². The van der Waals surface area contributed by atoms with Crippen LogP contribution in [-0.4, -0.2) is 23.4 Å². The molecule has 8 heteroatoms. The third-order valence-electron chi connectivity index (χ3n) is 3.07. The van der Waals surface area contributed by atoms with Crippen LogP contribution in [0.25, 0.3) is 0 Å². The molecule has 1 saturated carbocycles. The average molecular weight is 360 g/mol. The van der Waals surface area contributed by atoms with Gasteiger partial charge in [-0.25, -0.2) is 4.39 Å². The molecule has 0 unspecified atom stereocenters. The molecule has 0 saturated heterocycles. The Balaban J connectivity index is 1.85. The molecule has 21 heavy (non-hydrogen) atoms. The molecule has 1 aliphatic rings. The maximum atomic E-state index is 13.3. The Morgan fingerprint density at radius 1 is 1.48 bits per heavy atom. The minimum atomic E-state index is -0.684. The van der Waals surface area contributed by atoms with Crippen molar-refractivity contribution in [3.8, 4) is 0 Å². The van der Waals surface area contributed by atoms with Crippen molar-refractivity contribution in [2.24, 2.45) is 0 Å². The maximum absolute atomic E-state index is 13.3. The SMILES string of the molecule is O=C(CCCNc1cc(Br)c(F)cc1[N+](=O)[O-])NC1CC1. The topological polar surface area (TPSA) is 84.3 Å². The van der Waals surface area contributed by atoms with Crippen LogP contribution in [0.3, 0.4) is 0 Å². The summed E-state index contributed by atoms with van der Waals surface area (Å²) < 4.78 is 13.5. The van der Waals surface area contributed by atoms with Gasteiger partial charge in [0.2, 0.25) is 5.91 Å². The molecule has 114 valence electrons. The summed E-state index contributed by atoms with van der Waals surface area (Å²) in [6, 6.07) is 2.53. The highest BCUT2D eigenvalue weighted by Gasteiger charge is 2.22. The zero-order valence-corrected chi connectivity index (χ0v) is 12.8. The monoisotopic (exact) mass is 359 g/mol. The predicted molar refractivity (Wildman–Crippen MR) is 79.6 cm³/mol. The first-order chi connectivity index (χ1) is 9.97. The van der Waals surface area contributed by atoms with Crippen LogP contribution in [-0.2, 0) is 4.79 Å². The van der Waals surface area contributed by atoms with E-state index in [0.717, 1.165) is 18.9 Å². The van der Waals surface area contributed by atoms with Crippen LogP contribution in [0.2, 0.25) is 0 Å². The molecular weight excluding hydrogens is 345 g/mol. The van der Waals surface area contributed by atoms with Gasteiger partial charge in [-0.2, -0.15) is 0 Å². The van der Waals surface area contributed by atoms with Crippen LogP contribution in [0, 0.1) is 15.9 Å². The first-order valence-electron chi connectivity index (χ1n) is 6.64. The lowest BCUT2D eigenvalue weighted by atomic mass is 10.2. The van der Waals surface area contributed by atoms with Gasteiger partial charge in [-0.3, -0.25) is 14.9 Å². The lowest BCUT2D eigenvalue weighted by Gasteiger charge is -2.08. The molecule has 2 rings (SSSR count). The molecule has 2 N–H and O–H groups in total. The molecular formula is C13H15BrFN3O3. The highest BCUT2D eigenvalue weighted by Crippen LogP contribution is 2.30. The molecule has 1 aromatic carbocycles. The number of carbonyl (C=O) groups is 1. The zero-order chi connectivity index (χ0) is 15.4. The first kappa shape index (κ1) is 15.7. The number of nitrogens with zero attached hydrogens (tertiary/aromatic N) is 1. The summed E-state index contributed by atoms with van der Waals surface area (Å²) in [5.41, 5.74) is -0.0889. The van der Waals surface area contributed by atoms with E-state index < -0.39 is 10.7 Å². The van der Waals surface area contributed by atoms with Crippen LogP contribution in [0.1, 0.15) is 25.7 Å². The second-order valence-electron chi connectivity index (χ2n) is 4.91. The minimum absolute atomic E-state index is 0.00548. The number of nitrogens with one attached hydrogen (secondary N) is 2. The van der Waals surface area contributed by atoms with Crippen molar-refractivity contribution in [1.29, 1.82) is 0 Å². The molecule has 0 bridgehead atoms. The van der Waals surface area contributed by atoms with Gasteiger partial charge in [-0.15, -0.1) is 0 Å². The molecule has 0 atom stereocenters. The smallest absolute Gasteiger partial charge is 0.295 e. The summed E-state index contributed by atoms with van der Waals surface area (Å²) in [5.74, 6) is -0.690. The standard InChI is InChI=1S/C13H15BrFN3O3/c14-9-6-11(12(18(20)21)7-10(9)15)16-5-1-2-13(19)17-8-3-4-8/h6-8,16H,1-5H2,(H,17,19). The second-order valence-corrected chi connectivity index (χ2v) is 5.77. The number of amides is 1. The van der Waals surface area contributed by atoms with Crippen molar-refractivity contribution in [1.82, 2.24) is 5.32 Å². The van der Waals surface area contributed by atoms with Gasteiger partial charge >= 0.3 is 0 Å². The van der Waals surface area contributed by atoms with E-state index in [1.807, 2.05) is 0 Å². The van der Waals surface area contributed by atoms with Gasteiger partial charge in [-0.05, 0) is 41.3 Å². The number of anilines is 1. The van der Waals surface area contributed by atoms with Crippen LogP contribution >= 0.6 is 15.9 Å². The number of carbonyl (C=O) groups excluding carboxylic acids is 1. The van der Waals surface area contributed by atoms with Crippen molar-refractivity contribution in [2.45, 2.75) is 31.7 Å². The summed E-state index contributed by atoms with van der Waals surface area (Å²) in [6.07, 6.45) is 2.99. The Hall–Kier alpha value is -1.70. The van der Waals surface area contributed by atoms with Crippen LogP contribution < -0.4 is 10.6 Å². The Morgan fingerprint density at radius 2 is 2.19 bits per heavy atom. The molecule has 0 aliphatic heterocycles. The number of nitro benzene ring substituents is 1. The van der Waals surface area contributed by atoms with Crippen molar-refractivity contribution in [2.75, 3.05) is 11.9 Å². The number of hydrogen-bond acceptors (Lipinski definition) is 4. The van der Waals surface area contributed by atoms with E-state index in [2.05, 4.69) is 26.6 Å². The highest BCUT2D eigenvalue weighted by molar-refractivity contribution is 9.10. The minimum Gasteiger partial charge on any atom is -0.379 e. The van der Waals surface area contributed by atoms with Crippen molar-refractivity contribution in [3.05, 3.63) is 32.5 Å². The largest absolute Gasteiger partial charge is 0.379 e. The van der Waals surface area contributed by atoms with Crippen molar-refractivity contribution >= 4 is 33.2 Å². The fourth-order valence-corrected chi connectivity index (χ4v) is 2.17. The number of halogens is 2. The second kappa shape index (κ2) is 6.84. The lowest BCUT2D eigenvalue weighted by molar-refractivity contribution is -0.384. The van der Waals surface area contributed by atoms with E-state index in [4.69, 9.17) is 0 Å². The van der Waals surface area contributed by atoms with E-state index in [-0.39, 0.29) is 21.8 Å². The Labute approximate surface area is 129 Å². The average Bonchev–Trinajstić information content (AvgIpc) is 3.21. The van der Waals surface area contributed by atoms with E-state index in [0.29, 0.717) is 25.4 Å². The van der Waals surface area contributed by atoms with E-state index in [1.54, 1.807) is 0 Å². The first-order valence-corrected chi connectivity index (χ1v) is 7.43. The van der Waals surface area contributed by atoms with E-state index in [1.165, 1.54) is 6.07 Å². The predicted octanol–water partition coefficient (Wildman–Crippen LogP) is 2.97. The third kappa shape index (κ3) is 4.66. The normalized spacial score (nSPS) is 13.8. The fourth-order valence-electron chi connectivity index (χ4n) is 1.83. The van der Waals surface area contributed by atoms with Gasteiger partial charge < -0.3 is 10.6 Å². The summed E-state index contributed by atoms with van der Waals surface area (Å²) in [5, 5.41) is 16.6. The summed E-state index contributed by atoms with van der Waals surface area (Å²) in [4.78, 5) is 21.7. The molecule has 0 radical (unpaired) electrons. The van der Waals surface area contributed by atoms with Gasteiger partial charge in [-0.1, -0.05) is 0 Å². The highest BCUT2D eigenvalue weighted by atomic mass is 79.9. The molecule has 1 aromatic rings. The van der Waals surface area contributed by atoms with Gasteiger partial charge in [0, 0.05) is 19.0 Å². The lowest BCUT2D eigenvalue weighted by Crippen LogP contribution is -2.25. The Kier molecular flexibility index (Phi) is 5.11. The van der Waals surface area contributed by atoms with Crippen molar-refractivity contribution < 1.29 is 14.1 Å². The molecule has 1 fully saturated rings. The Morgan fingerprint density at radius 3 is 2.81 bits per heavy atom. The van der Waals surface area contributed by atoms with Gasteiger partial charge in [0.05, 0.1) is 15.5 Å². The van der Waals surface area contributed by atoms with E-state index in [9.17, 15) is 19.3 Å². The molecule has 1 aliphatic carbocycles. The molecule has 0 spiro atoms. The number of nitro groups is 1. The zero-order valence-electron chi connectivity index (χ0n) is 11.2. The number of rotatable bonds is 7. The summed E-state index contributed by atoms with van der Waals surface area (Å²) in [7, 11) is 0. The van der Waals surface area contributed by atoms with Gasteiger partial charge in [0.25, 0.3) is 5.69 Å². The van der Waals surface area contributed by atoms with Crippen LogP contribution in [0.15, 0.2) is 16.6 Å². The Bertz CT molecular complexity index is 564. The van der Waals surface area contributed by atoms with Crippen LogP contribution in [0.4, 0.5) is 15.8 Å². The maximum Gasteiger partial charge on any atom is 0.295 e.